The second-order valence-corrected chi connectivity index (χ2v) is 5.79. The lowest BCUT2D eigenvalue weighted by molar-refractivity contribution is 0.102. The third-order valence-corrected chi connectivity index (χ3v) is 4.01. The summed E-state index contributed by atoms with van der Waals surface area (Å²) in [5, 5.41) is 12.0. The third kappa shape index (κ3) is 3.49. The smallest absolute Gasteiger partial charge is 0.255 e. The van der Waals surface area contributed by atoms with Gasteiger partial charge >= 0.3 is 0 Å². The molecule has 4 aromatic rings. The second-order valence-electron chi connectivity index (χ2n) is 5.79. The van der Waals surface area contributed by atoms with Gasteiger partial charge in [0.25, 0.3) is 5.91 Å². The first-order valence-corrected chi connectivity index (χ1v) is 8.30. The molecule has 0 unspecified atom stereocenters. The average molecular weight is 360 g/mol. The summed E-state index contributed by atoms with van der Waals surface area (Å²) in [5.74, 6) is 1.44. The zero-order chi connectivity index (χ0) is 18.6. The Morgan fingerprint density at radius 1 is 1.11 bits per heavy atom. The summed E-state index contributed by atoms with van der Waals surface area (Å²) in [6.45, 7) is -0.165. The fraction of sp³-hybridized carbons (Fsp3) is 0.0500. The number of aromatic nitrogens is 3. The fourth-order valence-electron chi connectivity index (χ4n) is 2.69. The van der Waals surface area contributed by atoms with Crippen LogP contribution in [0.1, 0.15) is 16.1 Å². The normalized spacial score (nSPS) is 10.7. The van der Waals surface area contributed by atoms with Crippen molar-refractivity contribution in [3.05, 3.63) is 84.6 Å². The molecule has 0 aliphatic heterocycles. The van der Waals surface area contributed by atoms with Crippen molar-refractivity contribution in [2.24, 2.45) is 0 Å². The van der Waals surface area contributed by atoms with Gasteiger partial charge in [-0.2, -0.15) is 0 Å². The maximum absolute atomic E-state index is 12.3. The van der Waals surface area contributed by atoms with Gasteiger partial charge in [0.2, 0.25) is 0 Å². The number of imidazole rings is 1. The van der Waals surface area contributed by atoms with Gasteiger partial charge in [0.05, 0.1) is 11.9 Å². The number of carbonyl (C=O) groups is 1. The minimum atomic E-state index is -0.209. The maximum atomic E-state index is 12.3. The number of nitrogens with zero attached hydrogens (tertiary/aromatic N) is 3. The van der Waals surface area contributed by atoms with Gasteiger partial charge in [-0.15, -0.1) is 0 Å². The lowest BCUT2D eigenvalue weighted by Crippen LogP contribution is -2.12. The maximum Gasteiger partial charge on any atom is 0.255 e. The van der Waals surface area contributed by atoms with Crippen molar-refractivity contribution in [2.75, 3.05) is 5.32 Å². The summed E-state index contributed by atoms with van der Waals surface area (Å²) in [7, 11) is 0. The van der Waals surface area contributed by atoms with Crippen molar-refractivity contribution in [1.29, 1.82) is 0 Å². The molecule has 27 heavy (non-hydrogen) atoms. The van der Waals surface area contributed by atoms with Crippen LogP contribution in [-0.4, -0.2) is 25.5 Å². The van der Waals surface area contributed by atoms with Crippen molar-refractivity contribution in [3.63, 3.8) is 0 Å². The molecule has 3 aromatic heterocycles. The first kappa shape index (κ1) is 16.7. The highest BCUT2D eigenvalue weighted by atomic mass is 16.4. The Hall–Kier alpha value is -3.71. The molecule has 1 aromatic carbocycles. The van der Waals surface area contributed by atoms with Crippen LogP contribution in [0.2, 0.25) is 0 Å². The summed E-state index contributed by atoms with van der Waals surface area (Å²) >= 11 is 0. The zero-order valence-corrected chi connectivity index (χ0v) is 14.2. The van der Waals surface area contributed by atoms with Crippen LogP contribution in [0.25, 0.3) is 17.3 Å². The van der Waals surface area contributed by atoms with Crippen molar-refractivity contribution in [2.45, 2.75) is 6.61 Å². The van der Waals surface area contributed by atoms with E-state index in [0.29, 0.717) is 28.6 Å². The Bertz CT molecular complexity index is 1050. The van der Waals surface area contributed by atoms with Gasteiger partial charge in [0.1, 0.15) is 12.4 Å². The second kappa shape index (κ2) is 7.27. The van der Waals surface area contributed by atoms with Crippen LogP contribution < -0.4 is 5.32 Å². The van der Waals surface area contributed by atoms with Crippen LogP contribution in [0.4, 0.5) is 5.69 Å². The van der Waals surface area contributed by atoms with Gasteiger partial charge in [-0.1, -0.05) is 0 Å². The van der Waals surface area contributed by atoms with E-state index < -0.39 is 0 Å². The van der Waals surface area contributed by atoms with E-state index in [2.05, 4.69) is 15.3 Å². The Balaban J connectivity index is 1.56. The van der Waals surface area contributed by atoms with Crippen molar-refractivity contribution < 1.29 is 14.3 Å². The number of hydrogen-bond acceptors (Lipinski definition) is 5. The lowest BCUT2D eigenvalue weighted by Gasteiger charge is -2.08. The van der Waals surface area contributed by atoms with Gasteiger partial charge < -0.3 is 14.8 Å². The number of aliphatic hydroxyl groups excluding tert-OH is 1. The Kier molecular flexibility index (Phi) is 4.51. The molecule has 0 aliphatic carbocycles. The monoisotopic (exact) mass is 360 g/mol. The van der Waals surface area contributed by atoms with Crippen LogP contribution in [0.5, 0.6) is 0 Å². The number of benzene rings is 1. The van der Waals surface area contributed by atoms with Crippen LogP contribution in [0.3, 0.4) is 0 Å². The van der Waals surface area contributed by atoms with Gasteiger partial charge in [0.15, 0.2) is 11.6 Å². The number of furan rings is 1. The van der Waals surface area contributed by atoms with Crippen LogP contribution in [-0.2, 0) is 6.61 Å². The molecular weight excluding hydrogens is 344 g/mol. The molecule has 134 valence electrons. The predicted octanol–water partition coefficient (Wildman–Crippen LogP) is 3.27. The summed E-state index contributed by atoms with van der Waals surface area (Å²) in [5.41, 5.74) is 2.01. The molecule has 3 heterocycles. The molecule has 0 aliphatic rings. The van der Waals surface area contributed by atoms with Crippen molar-refractivity contribution in [1.82, 2.24) is 14.5 Å². The molecule has 0 spiro atoms. The van der Waals surface area contributed by atoms with Crippen LogP contribution in [0.15, 0.2) is 77.7 Å². The number of anilines is 1. The van der Waals surface area contributed by atoms with E-state index in [9.17, 15) is 4.79 Å². The van der Waals surface area contributed by atoms with Crippen LogP contribution >= 0.6 is 0 Å². The zero-order valence-electron chi connectivity index (χ0n) is 14.2. The standard InChI is InChI=1S/C20H16N4O3/c25-13-17-7-8-18(27-17)19-22-10-11-24(19)16-5-3-14(4-6-16)20(26)23-15-2-1-9-21-12-15/h1-12,25H,13H2,(H,23,26). The number of hydrogen-bond donors (Lipinski definition) is 2. The molecule has 7 nitrogen and oxygen atoms in total. The van der Waals surface area contributed by atoms with E-state index in [4.69, 9.17) is 9.52 Å². The highest BCUT2D eigenvalue weighted by Gasteiger charge is 2.13. The van der Waals surface area contributed by atoms with Crippen LogP contribution in [0, 0.1) is 0 Å². The molecule has 0 atom stereocenters. The van der Waals surface area contributed by atoms with Crippen molar-refractivity contribution >= 4 is 11.6 Å². The van der Waals surface area contributed by atoms with Gasteiger partial charge in [0, 0.05) is 29.8 Å². The van der Waals surface area contributed by atoms with E-state index in [1.54, 1.807) is 61.2 Å². The molecule has 1 amide bonds. The Morgan fingerprint density at radius 2 is 1.96 bits per heavy atom. The van der Waals surface area contributed by atoms with E-state index in [-0.39, 0.29) is 12.5 Å². The molecule has 0 saturated heterocycles. The first-order chi connectivity index (χ1) is 13.2. The molecule has 2 N–H and O–H groups in total. The van der Waals surface area contributed by atoms with Crippen molar-refractivity contribution in [3.8, 4) is 17.3 Å². The van der Waals surface area contributed by atoms with Gasteiger partial charge in [-0.25, -0.2) is 4.98 Å². The largest absolute Gasteiger partial charge is 0.455 e. The molecule has 0 fully saturated rings. The molecule has 0 saturated carbocycles. The molecule has 4 rings (SSSR count). The number of amides is 1. The number of rotatable bonds is 5. The Labute approximate surface area is 154 Å². The number of nitrogens with one attached hydrogen (secondary N) is 1. The van der Waals surface area contributed by atoms with E-state index >= 15 is 0 Å². The molecule has 7 heteroatoms. The summed E-state index contributed by atoms with van der Waals surface area (Å²) in [6.07, 6.45) is 6.71. The van der Waals surface area contributed by atoms with Gasteiger partial charge in [-0.3, -0.25) is 14.3 Å². The summed E-state index contributed by atoms with van der Waals surface area (Å²) in [6, 6.07) is 14.2. The average Bonchev–Trinajstić information content (AvgIpc) is 3.38. The first-order valence-electron chi connectivity index (χ1n) is 8.30. The van der Waals surface area contributed by atoms with E-state index in [0.717, 1.165) is 5.69 Å². The number of carbonyl (C=O) groups excluding carboxylic acids is 1. The molecule has 0 bridgehead atoms. The highest BCUT2D eigenvalue weighted by molar-refractivity contribution is 6.04. The lowest BCUT2D eigenvalue weighted by atomic mass is 10.2. The predicted molar refractivity (Wildman–Crippen MR) is 99.4 cm³/mol. The highest BCUT2D eigenvalue weighted by Crippen LogP contribution is 2.24. The quantitative estimate of drug-likeness (QED) is 0.570. The minimum Gasteiger partial charge on any atom is -0.455 e. The van der Waals surface area contributed by atoms with Gasteiger partial charge in [-0.05, 0) is 48.5 Å². The molecule has 0 radical (unpaired) electrons. The fourth-order valence-corrected chi connectivity index (χ4v) is 2.69. The number of pyridine rings is 1. The minimum absolute atomic E-state index is 0.165. The Morgan fingerprint density at radius 3 is 2.67 bits per heavy atom. The topological polar surface area (TPSA) is 93.2 Å². The summed E-state index contributed by atoms with van der Waals surface area (Å²) in [4.78, 5) is 20.6. The number of aliphatic hydroxyl groups is 1. The molecular formula is C20H16N4O3. The SMILES string of the molecule is O=C(Nc1cccnc1)c1ccc(-n2ccnc2-c2ccc(CO)o2)cc1. The van der Waals surface area contributed by atoms with E-state index in [1.807, 2.05) is 16.7 Å². The third-order valence-electron chi connectivity index (χ3n) is 4.01. The summed E-state index contributed by atoms with van der Waals surface area (Å²) < 4.78 is 7.41. The van der Waals surface area contributed by atoms with E-state index in [1.165, 1.54) is 0 Å².